The Balaban J connectivity index is 1.16. The van der Waals surface area contributed by atoms with Gasteiger partial charge in [-0.1, -0.05) is 26.0 Å². The van der Waals surface area contributed by atoms with Crippen molar-refractivity contribution in [2.24, 2.45) is 10.9 Å². The summed E-state index contributed by atoms with van der Waals surface area (Å²) in [6.45, 7) is 12.1. The van der Waals surface area contributed by atoms with Crippen LogP contribution in [0.3, 0.4) is 0 Å². The minimum atomic E-state index is -0.963. The molecule has 1 aromatic carbocycles. The molecule has 0 spiro atoms. The van der Waals surface area contributed by atoms with Gasteiger partial charge in [0.15, 0.2) is 6.29 Å². The Morgan fingerprint density at radius 2 is 1.81 bits per heavy atom. The fourth-order valence-corrected chi connectivity index (χ4v) is 6.35. The quantitative estimate of drug-likeness (QED) is 0.110. The summed E-state index contributed by atoms with van der Waals surface area (Å²) >= 11 is 0. The summed E-state index contributed by atoms with van der Waals surface area (Å²) in [6.07, 6.45) is 8.28. The summed E-state index contributed by atoms with van der Waals surface area (Å²) < 4.78 is 0. The second kappa shape index (κ2) is 13.5. The molecular weight excluding hydrogens is 548 g/mol. The molecule has 5 rings (SSSR count). The van der Waals surface area contributed by atoms with Gasteiger partial charge in [0.1, 0.15) is 11.9 Å². The van der Waals surface area contributed by atoms with Crippen LogP contribution in [0.2, 0.25) is 0 Å². The third-order valence-corrected chi connectivity index (χ3v) is 8.82. The van der Waals surface area contributed by atoms with E-state index in [-0.39, 0.29) is 18.7 Å². The Morgan fingerprint density at radius 3 is 2.51 bits per heavy atom. The molecule has 1 aromatic rings. The third kappa shape index (κ3) is 6.61. The molecule has 2 atom stereocenters. The molecule has 0 saturated carbocycles. The molecule has 3 fully saturated rings. The third-order valence-electron chi connectivity index (χ3n) is 8.82. The molecule has 4 aliphatic heterocycles. The van der Waals surface area contributed by atoms with Crippen molar-refractivity contribution in [3.63, 3.8) is 0 Å². The molecule has 0 aliphatic carbocycles. The number of allylic oxidation sites excluding steroid dienone is 2. The normalized spacial score (nSPS) is 23.6. The molecule has 0 radical (unpaired) electrons. The van der Waals surface area contributed by atoms with Gasteiger partial charge in [0.05, 0.1) is 11.1 Å². The van der Waals surface area contributed by atoms with E-state index in [4.69, 9.17) is 0 Å². The lowest BCUT2D eigenvalue weighted by molar-refractivity contribution is -0.136. The number of likely N-dealkylation sites (tertiary alicyclic amines) is 1. The predicted octanol–water partition coefficient (Wildman–Crippen LogP) is 2.39. The van der Waals surface area contributed by atoms with E-state index in [1.165, 1.54) is 6.08 Å². The standard InChI is InChI=1S/C32H40N6O5/c1-3-5-6-28(33-18-22(4-2)21-39)37-12-11-23(20-37)19-35-13-15-36(16-14-35)24-7-8-25-26(17-24)32(43)38(31(25)42)27-9-10-29(40)34-30(27)41/h4,7-8,17-18,21,23,27H,2-3,5-6,9-16,19-20H2,1H3,(H,34,40,41)/b22-18+,33-28+. The second-order valence-corrected chi connectivity index (χ2v) is 11.7. The SMILES string of the molecule is C=C/C(C=O)=C\N=C(/CCCC)N1CCC(CN2CCN(c3ccc4c(c3)C(=O)N(C3CCC(=O)NC3=O)C4=O)CC2)C1. The molecule has 4 heterocycles. The van der Waals surface area contributed by atoms with Gasteiger partial charge in [-0.2, -0.15) is 0 Å². The summed E-state index contributed by atoms with van der Waals surface area (Å²) in [5.74, 6) is -0.384. The number of aliphatic imine (C=N–C) groups is 1. The maximum atomic E-state index is 13.2. The number of rotatable bonds is 10. The number of fused-ring (bicyclic) bond motifs is 1. The number of benzene rings is 1. The van der Waals surface area contributed by atoms with Gasteiger partial charge in [-0.05, 0) is 43.4 Å². The van der Waals surface area contributed by atoms with Crippen LogP contribution in [0.1, 0.15) is 66.2 Å². The fourth-order valence-electron chi connectivity index (χ4n) is 6.35. The van der Waals surface area contributed by atoms with Gasteiger partial charge in [-0.15, -0.1) is 0 Å². The average molecular weight is 589 g/mol. The zero-order valence-electron chi connectivity index (χ0n) is 24.8. The summed E-state index contributed by atoms with van der Waals surface area (Å²) in [7, 11) is 0. The molecule has 2 unspecified atom stereocenters. The zero-order chi connectivity index (χ0) is 30.5. The highest BCUT2D eigenvalue weighted by Gasteiger charge is 2.44. The molecule has 0 bridgehead atoms. The van der Waals surface area contributed by atoms with Gasteiger partial charge in [0, 0.05) is 76.1 Å². The number of nitrogens with one attached hydrogen (secondary N) is 1. The first-order valence-corrected chi connectivity index (χ1v) is 15.2. The number of carbonyl (C=O) groups is 5. The molecule has 4 aliphatic rings. The van der Waals surface area contributed by atoms with Crippen LogP contribution in [0.15, 0.2) is 47.6 Å². The predicted molar refractivity (Wildman–Crippen MR) is 163 cm³/mol. The highest BCUT2D eigenvalue weighted by molar-refractivity contribution is 6.23. The number of aldehydes is 1. The number of nitrogens with zero attached hydrogens (tertiary/aromatic N) is 5. The fraction of sp³-hybridized carbons (Fsp3) is 0.500. The van der Waals surface area contributed by atoms with Crippen LogP contribution in [0, 0.1) is 5.92 Å². The van der Waals surface area contributed by atoms with Crippen molar-refractivity contribution >= 4 is 41.4 Å². The van der Waals surface area contributed by atoms with Gasteiger partial charge in [0.25, 0.3) is 11.8 Å². The van der Waals surface area contributed by atoms with Crippen LogP contribution < -0.4 is 10.2 Å². The number of amides is 4. The Hall–Kier alpha value is -4.12. The Kier molecular flexibility index (Phi) is 9.49. The lowest BCUT2D eigenvalue weighted by Crippen LogP contribution is -2.54. The summed E-state index contributed by atoms with van der Waals surface area (Å²) in [6, 6.07) is 4.35. The molecule has 228 valence electrons. The van der Waals surface area contributed by atoms with Gasteiger partial charge < -0.3 is 9.80 Å². The molecule has 43 heavy (non-hydrogen) atoms. The number of unbranched alkanes of at least 4 members (excludes halogenated alkanes) is 1. The molecule has 0 aromatic heterocycles. The number of amidine groups is 1. The monoisotopic (exact) mass is 588 g/mol. The molecule has 11 heteroatoms. The lowest BCUT2D eigenvalue weighted by atomic mass is 10.0. The van der Waals surface area contributed by atoms with E-state index in [9.17, 15) is 24.0 Å². The topological polar surface area (TPSA) is 123 Å². The molecule has 4 amide bonds. The smallest absolute Gasteiger partial charge is 0.262 e. The maximum Gasteiger partial charge on any atom is 0.262 e. The number of carbonyl (C=O) groups excluding carboxylic acids is 5. The lowest BCUT2D eigenvalue weighted by Gasteiger charge is -2.37. The minimum Gasteiger partial charge on any atom is -0.369 e. The second-order valence-electron chi connectivity index (χ2n) is 11.7. The highest BCUT2D eigenvalue weighted by Crippen LogP contribution is 2.31. The van der Waals surface area contributed by atoms with Gasteiger partial charge in [0.2, 0.25) is 11.8 Å². The molecule has 11 nitrogen and oxygen atoms in total. The first kappa shape index (κ1) is 30.3. The summed E-state index contributed by atoms with van der Waals surface area (Å²) in [4.78, 5) is 74.1. The van der Waals surface area contributed by atoms with Crippen LogP contribution >= 0.6 is 0 Å². The van der Waals surface area contributed by atoms with Crippen molar-refractivity contribution in [2.45, 2.75) is 51.5 Å². The van der Waals surface area contributed by atoms with Crippen molar-refractivity contribution < 1.29 is 24.0 Å². The van der Waals surface area contributed by atoms with Crippen LogP contribution in [0.25, 0.3) is 0 Å². The van der Waals surface area contributed by atoms with E-state index in [0.717, 1.165) is 94.2 Å². The molecule has 3 saturated heterocycles. The number of piperidine rings is 1. The summed E-state index contributed by atoms with van der Waals surface area (Å²) in [5.41, 5.74) is 1.97. The maximum absolute atomic E-state index is 13.2. The number of hydrogen-bond donors (Lipinski definition) is 1. The van der Waals surface area contributed by atoms with E-state index in [1.54, 1.807) is 18.3 Å². The highest BCUT2D eigenvalue weighted by atomic mass is 16.2. The van der Waals surface area contributed by atoms with Crippen LogP contribution in [-0.4, -0.2) is 102 Å². The zero-order valence-corrected chi connectivity index (χ0v) is 24.8. The Bertz CT molecular complexity index is 1350. The number of anilines is 1. The van der Waals surface area contributed by atoms with Gasteiger partial charge in [-0.3, -0.25) is 39.1 Å². The number of imide groups is 2. The number of hydrogen-bond acceptors (Lipinski definition) is 8. The van der Waals surface area contributed by atoms with Gasteiger partial charge >= 0.3 is 0 Å². The van der Waals surface area contributed by atoms with Crippen molar-refractivity contribution in [1.82, 2.24) is 20.0 Å². The van der Waals surface area contributed by atoms with E-state index >= 15 is 0 Å². The van der Waals surface area contributed by atoms with Crippen molar-refractivity contribution in [2.75, 3.05) is 50.7 Å². The Labute approximate surface area is 252 Å². The van der Waals surface area contributed by atoms with Crippen LogP contribution in [0.4, 0.5) is 5.69 Å². The Morgan fingerprint density at radius 1 is 1.05 bits per heavy atom. The van der Waals surface area contributed by atoms with Crippen LogP contribution in [-0.2, 0) is 14.4 Å². The molecule has 1 N–H and O–H groups in total. The van der Waals surface area contributed by atoms with Gasteiger partial charge in [-0.25, -0.2) is 4.99 Å². The largest absolute Gasteiger partial charge is 0.369 e. The van der Waals surface area contributed by atoms with Crippen molar-refractivity contribution in [1.29, 1.82) is 0 Å². The molecular formula is C32H40N6O5. The number of piperazine rings is 1. The van der Waals surface area contributed by atoms with E-state index in [1.807, 2.05) is 6.07 Å². The van der Waals surface area contributed by atoms with E-state index in [0.29, 0.717) is 22.6 Å². The van der Waals surface area contributed by atoms with E-state index < -0.39 is 23.8 Å². The van der Waals surface area contributed by atoms with Crippen molar-refractivity contribution in [3.05, 3.63) is 53.8 Å². The minimum absolute atomic E-state index is 0.0984. The van der Waals surface area contributed by atoms with Crippen LogP contribution in [0.5, 0.6) is 0 Å². The summed E-state index contributed by atoms with van der Waals surface area (Å²) in [5, 5.41) is 2.23. The van der Waals surface area contributed by atoms with Crippen molar-refractivity contribution in [3.8, 4) is 0 Å². The first-order valence-electron chi connectivity index (χ1n) is 15.2. The van der Waals surface area contributed by atoms with E-state index in [2.05, 4.69) is 38.5 Å². The average Bonchev–Trinajstić information content (AvgIpc) is 3.57. The first-order chi connectivity index (χ1) is 20.8.